The highest BCUT2D eigenvalue weighted by Crippen LogP contribution is 2.27. The Morgan fingerprint density at radius 1 is 1.00 bits per heavy atom. The van der Waals surface area contributed by atoms with E-state index in [4.69, 9.17) is 4.74 Å². The van der Waals surface area contributed by atoms with Crippen LogP contribution in [0.5, 0.6) is 5.75 Å². The third-order valence-corrected chi connectivity index (χ3v) is 7.57. The number of sulfonamides is 1. The molecule has 1 amide bonds. The van der Waals surface area contributed by atoms with E-state index in [1.807, 2.05) is 33.8 Å². The van der Waals surface area contributed by atoms with Crippen LogP contribution in [0.4, 0.5) is 0 Å². The number of rotatable bonds is 6. The predicted molar refractivity (Wildman–Crippen MR) is 122 cm³/mol. The quantitative estimate of drug-likeness (QED) is 0.721. The molecule has 3 rings (SSSR count). The molecular weight excluding hydrogens is 412 g/mol. The summed E-state index contributed by atoms with van der Waals surface area (Å²) in [6, 6.07) is 8.15. The van der Waals surface area contributed by atoms with Crippen LogP contribution in [0.1, 0.15) is 64.8 Å². The Balaban J connectivity index is 1.90. The van der Waals surface area contributed by atoms with Crippen LogP contribution in [-0.4, -0.2) is 39.4 Å². The minimum absolute atomic E-state index is 0.0574. The molecule has 0 aromatic heterocycles. The van der Waals surface area contributed by atoms with Gasteiger partial charge >= 0.3 is 0 Å². The van der Waals surface area contributed by atoms with Gasteiger partial charge in [0.15, 0.2) is 0 Å². The summed E-state index contributed by atoms with van der Waals surface area (Å²) in [6.45, 7) is 9.23. The van der Waals surface area contributed by atoms with Gasteiger partial charge in [0, 0.05) is 19.1 Å². The molecule has 0 saturated carbocycles. The minimum atomic E-state index is -3.84. The van der Waals surface area contributed by atoms with Gasteiger partial charge in [0.2, 0.25) is 10.0 Å². The number of amides is 1. The second-order valence-electron chi connectivity index (χ2n) is 8.35. The average Bonchev–Trinajstić information content (AvgIpc) is 2.75. The van der Waals surface area contributed by atoms with Gasteiger partial charge in [-0.1, -0.05) is 12.1 Å². The Kier molecular flexibility index (Phi) is 7.06. The number of likely N-dealkylation sites (tertiary alicyclic amines) is 1. The fourth-order valence-corrected chi connectivity index (χ4v) is 5.35. The van der Waals surface area contributed by atoms with Gasteiger partial charge in [-0.2, -0.15) is 0 Å². The lowest BCUT2D eigenvalue weighted by atomic mass is 9.97. The Bertz CT molecular complexity index is 1070. The molecule has 1 unspecified atom stereocenters. The van der Waals surface area contributed by atoms with Crippen LogP contribution < -0.4 is 9.46 Å². The van der Waals surface area contributed by atoms with E-state index in [-0.39, 0.29) is 16.4 Å². The van der Waals surface area contributed by atoms with Crippen molar-refractivity contribution in [3.05, 3.63) is 58.1 Å². The van der Waals surface area contributed by atoms with Gasteiger partial charge in [0.25, 0.3) is 5.91 Å². The molecule has 0 aliphatic carbocycles. The summed E-state index contributed by atoms with van der Waals surface area (Å²) in [4.78, 5) is 14.9. The molecule has 1 saturated heterocycles. The van der Waals surface area contributed by atoms with Gasteiger partial charge in [-0.3, -0.25) is 4.79 Å². The summed E-state index contributed by atoms with van der Waals surface area (Å²) in [5, 5.41) is 0. The molecule has 6 nitrogen and oxygen atoms in total. The molecule has 0 radical (unpaired) electrons. The second-order valence-corrected chi connectivity index (χ2v) is 10.1. The zero-order valence-electron chi connectivity index (χ0n) is 19.0. The summed E-state index contributed by atoms with van der Waals surface area (Å²) in [5.41, 5.74) is 4.54. The fraction of sp³-hybridized carbons (Fsp3) is 0.458. The molecule has 0 spiro atoms. The van der Waals surface area contributed by atoms with Crippen molar-refractivity contribution in [1.29, 1.82) is 0 Å². The lowest BCUT2D eigenvalue weighted by Gasteiger charge is -2.27. The van der Waals surface area contributed by atoms with E-state index in [1.54, 1.807) is 11.0 Å². The van der Waals surface area contributed by atoms with Gasteiger partial charge in [0.05, 0.1) is 17.6 Å². The van der Waals surface area contributed by atoms with Gasteiger partial charge in [-0.25, -0.2) is 13.1 Å². The molecule has 1 N–H and O–H groups in total. The number of hydrogen-bond donors (Lipinski definition) is 1. The normalized spacial score (nSPS) is 15.6. The zero-order chi connectivity index (χ0) is 22.8. The van der Waals surface area contributed by atoms with Crippen molar-refractivity contribution in [3.63, 3.8) is 0 Å². The highest BCUT2D eigenvalue weighted by molar-refractivity contribution is 7.89. The Morgan fingerprint density at radius 3 is 2.29 bits per heavy atom. The molecule has 2 aromatic rings. The van der Waals surface area contributed by atoms with Crippen LogP contribution in [0, 0.1) is 20.8 Å². The molecule has 31 heavy (non-hydrogen) atoms. The van der Waals surface area contributed by atoms with Crippen LogP contribution in [-0.2, 0) is 10.0 Å². The maximum atomic E-state index is 13.2. The molecule has 1 heterocycles. The summed E-state index contributed by atoms with van der Waals surface area (Å²) < 4.78 is 34.4. The Labute approximate surface area is 185 Å². The number of nitrogens with one attached hydrogen (secondary N) is 1. The van der Waals surface area contributed by atoms with E-state index in [9.17, 15) is 13.2 Å². The van der Waals surface area contributed by atoms with E-state index in [1.165, 1.54) is 24.8 Å². The van der Waals surface area contributed by atoms with Crippen LogP contribution in [0.2, 0.25) is 0 Å². The molecule has 1 fully saturated rings. The topological polar surface area (TPSA) is 75.7 Å². The number of aryl methyl sites for hydroxylation is 3. The fourth-order valence-electron chi connectivity index (χ4n) is 4.10. The van der Waals surface area contributed by atoms with Gasteiger partial charge < -0.3 is 9.64 Å². The summed E-state index contributed by atoms with van der Waals surface area (Å²) in [6.07, 6.45) is 3.02. The van der Waals surface area contributed by atoms with Crippen LogP contribution in [0.25, 0.3) is 0 Å². The molecule has 168 valence electrons. The molecule has 1 aliphatic heterocycles. The zero-order valence-corrected chi connectivity index (χ0v) is 19.8. The van der Waals surface area contributed by atoms with Crippen LogP contribution >= 0.6 is 0 Å². The third-order valence-electron chi connectivity index (χ3n) is 6.04. The average molecular weight is 445 g/mol. The number of methoxy groups -OCH3 is 1. The van der Waals surface area contributed by atoms with Gasteiger partial charge in [-0.05, 0) is 87.4 Å². The lowest BCUT2D eigenvalue weighted by Crippen LogP contribution is -2.36. The monoisotopic (exact) mass is 444 g/mol. The first-order valence-corrected chi connectivity index (χ1v) is 12.2. The largest absolute Gasteiger partial charge is 0.496 e. The van der Waals surface area contributed by atoms with Crippen LogP contribution in [0.3, 0.4) is 0 Å². The van der Waals surface area contributed by atoms with Crippen molar-refractivity contribution < 1.29 is 17.9 Å². The number of carbonyl (C=O) groups is 1. The Morgan fingerprint density at radius 2 is 1.65 bits per heavy atom. The third kappa shape index (κ3) is 5.10. The molecule has 1 aliphatic rings. The number of nitrogens with zero attached hydrogens (tertiary/aromatic N) is 1. The first-order valence-electron chi connectivity index (χ1n) is 10.7. The smallest absolute Gasteiger partial charge is 0.257 e. The van der Waals surface area contributed by atoms with Crippen molar-refractivity contribution in [1.82, 2.24) is 9.62 Å². The van der Waals surface area contributed by atoms with Crippen molar-refractivity contribution in [3.8, 4) is 5.75 Å². The molecular formula is C24H32N2O4S. The SMILES string of the molecule is COc1ccc(S(=O)(=O)NC(C)c2cc(C)c(C)cc2C)cc1C(=O)N1CCCCC1. The summed E-state index contributed by atoms with van der Waals surface area (Å²) in [5.74, 6) is 0.194. The van der Waals surface area contributed by atoms with E-state index >= 15 is 0 Å². The maximum Gasteiger partial charge on any atom is 0.257 e. The number of piperidine rings is 1. The first-order chi connectivity index (χ1) is 14.6. The van der Waals surface area contributed by atoms with E-state index < -0.39 is 16.1 Å². The number of hydrogen-bond acceptors (Lipinski definition) is 4. The highest BCUT2D eigenvalue weighted by atomic mass is 32.2. The molecule has 0 bridgehead atoms. The second kappa shape index (κ2) is 9.40. The Hall–Kier alpha value is -2.38. The number of benzene rings is 2. The van der Waals surface area contributed by atoms with Crippen molar-refractivity contribution in [2.24, 2.45) is 0 Å². The van der Waals surface area contributed by atoms with Gasteiger partial charge in [0.1, 0.15) is 5.75 Å². The van der Waals surface area contributed by atoms with Gasteiger partial charge in [-0.15, -0.1) is 0 Å². The predicted octanol–water partition coefficient (Wildman–Crippen LogP) is 4.29. The number of ether oxygens (including phenoxy) is 1. The van der Waals surface area contributed by atoms with Crippen molar-refractivity contribution in [2.45, 2.75) is 57.9 Å². The van der Waals surface area contributed by atoms with E-state index in [0.29, 0.717) is 18.8 Å². The van der Waals surface area contributed by atoms with Crippen molar-refractivity contribution >= 4 is 15.9 Å². The first kappa shape index (κ1) is 23.3. The summed E-state index contributed by atoms with van der Waals surface area (Å²) >= 11 is 0. The van der Waals surface area contributed by atoms with Crippen molar-refractivity contribution in [2.75, 3.05) is 20.2 Å². The maximum absolute atomic E-state index is 13.2. The minimum Gasteiger partial charge on any atom is -0.496 e. The molecule has 7 heteroatoms. The summed E-state index contributed by atoms with van der Waals surface area (Å²) in [7, 11) is -2.35. The van der Waals surface area contributed by atoms with E-state index in [0.717, 1.165) is 36.0 Å². The molecule has 1 atom stereocenters. The standard InChI is InChI=1S/C24H32N2O4S/c1-16-13-18(3)21(14-17(16)2)19(4)25-31(28,29)20-9-10-23(30-5)22(15-20)24(27)26-11-7-6-8-12-26/h9-10,13-15,19,25H,6-8,11-12H2,1-5H3. The molecule has 2 aromatic carbocycles. The lowest BCUT2D eigenvalue weighted by molar-refractivity contribution is 0.0720. The number of carbonyl (C=O) groups excluding carboxylic acids is 1. The highest BCUT2D eigenvalue weighted by Gasteiger charge is 2.26. The van der Waals surface area contributed by atoms with E-state index in [2.05, 4.69) is 10.8 Å². The van der Waals surface area contributed by atoms with Crippen LogP contribution in [0.15, 0.2) is 35.2 Å².